The van der Waals surface area contributed by atoms with Gasteiger partial charge in [-0.05, 0) is 48.9 Å². The van der Waals surface area contributed by atoms with Gasteiger partial charge in [0, 0.05) is 25.8 Å². The number of piperidine rings is 1. The number of thioether (sulfide) groups is 1. The lowest BCUT2D eigenvalue weighted by Gasteiger charge is -2.26. The summed E-state index contributed by atoms with van der Waals surface area (Å²) in [4.78, 5) is 30.3. The second kappa shape index (κ2) is 9.34. The number of carbonyl (C=O) groups excluding carboxylic acids is 1. The number of hydrogen-bond donors (Lipinski definition) is 1. The van der Waals surface area contributed by atoms with Crippen LogP contribution in [0.4, 0.5) is 5.69 Å². The van der Waals surface area contributed by atoms with E-state index in [1.165, 1.54) is 26.3 Å². The molecular weight excluding hydrogens is 468 g/mol. The monoisotopic (exact) mass is 492 g/mol. The van der Waals surface area contributed by atoms with Gasteiger partial charge in [0.15, 0.2) is 5.16 Å². The van der Waals surface area contributed by atoms with E-state index in [0.29, 0.717) is 39.7 Å². The molecule has 0 radical (unpaired) electrons. The number of hydrogen-bond acceptors (Lipinski definition) is 7. The Bertz CT molecular complexity index is 1320. The topological polar surface area (TPSA) is 101 Å². The summed E-state index contributed by atoms with van der Waals surface area (Å²) in [7, 11) is -1.97. The SMILES string of the molecule is Cc1ccc(NC(=O)CSc2nc3sccc3c(=O)n2C)cc1S(=O)(=O)N1CCCCC1. The van der Waals surface area contributed by atoms with Crippen molar-refractivity contribution in [1.82, 2.24) is 13.9 Å². The Morgan fingerprint density at radius 2 is 1.97 bits per heavy atom. The predicted octanol–water partition coefficient (Wildman–Crippen LogP) is 3.21. The first-order chi connectivity index (χ1) is 15.3. The molecule has 1 amide bonds. The molecule has 0 unspecified atom stereocenters. The normalized spacial score (nSPS) is 15.2. The Labute approximate surface area is 194 Å². The van der Waals surface area contributed by atoms with Gasteiger partial charge in [-0.3, -0.25) is 14.2 Å². The van der Waals surface area contributed by atoms with Crippen molar-refractivity contribution in [1.29, 1.82) is 0 Å². The number of benzene rings is 1. The van der Waals surface area contributed by atoms with Crippen LogP contribution in [0.3, 0.4) is 0 Å². The molecule has 1 fully saturated rings. The predicted molar refractivity (Wildman–Crippen MR) is 128 cm³/mol. The lowest BCUT2D eigenvalue weighted by Crippen LogP contribution is -2.36. The van der Waals surface area contributed by atoms with Crippen molar-refractivity contribution in [2.45, 2.75) is 36.2 Å². The average Bonchev–Trinajstić information content (AvgIpc) is 3.26. The molecule has 1 aliphatic heterocycles. The van der Waals surface area contributed by atoms with E-state index in [2.05, 4.69) is 10.3 Å². The van der Waals surface area contributed by atoms with Gasteiger partial charge in [-0.1, -0.05) is 24.2 Å². The Morgan fingerprint density at radius 3 is 2.72 bits per heavy atom. The molecule has 0 aliphatic carbocycles. The Hall–Kier alpha value is -2.21. The highest BCUT2D eigenvalue weighted by Crippen LogP contribution is 2.26. The number of nitrogens with one attached hydrogen (secondary N) is 1. The van der Waals surface area contributed by atoms with Crippen LogP contribution in [0.25, 0.3) is 10.2 Å². The molecule has 2 aromatic heterocycles. The van der Waals surface area contributed by atoms with Crippen molar-refractivity contribution in [3.63, 3.8) is 0 Å². The molecule has 11 heteroatoms. The van der Waals surface area contributed by atoms with Gasteiger partial charge < -0.3 is 5.32 Å². The summed E-state index contributed by atoms with van der Waals surface area (Å²) in [5.74, 6) is -0.264. The number of anilines is 1. The fourth-order valence-electron chi connectivity index (χ4n) is 3.64. The third-order valence-corrected chi connectivity index (χ3v) is 9.28. The van der Waals surface area contributed by atoms with Crippen molar-refractivity contribution in [2.75, 3.05) is 24.2 Å². The fourth-order valence-corrected chi connectivity index (χ4v) is 6.98. The van der Waals surface area contributed by atoms with E-state index >= 15 is 0 Å². The number of carbonyl (C=O) groups is 1. The van der Waals surface area contributed by atoms with E-state index in [4.69, 9.17) is 0 Å². The van der Waals surface area contributed by atoms with E-state index in [-0.39, 0.29) is 22.1 Å². The number of thiophene rings is 1. The van der Waals surface area contributed by atoms with Crippen LogP contribution in [-0.2, 0) is 21.9 Å². The minimum Gasteiger partial charge on any atom is -0.325 e. The molecule has 3 heterocycles. The molecule has 170 valence electrons. The van der Waals surface area contributed by atoms with E-state index < -0.39 is 10.0 Å². The summed E-state index contributed by atoms with van der Waals surface area (Å²) in [6, 6.07) is 6.66. The second-order valence-electron chi connectivity index (χ2n) is 7.68. The summed E-state index contributed by atoms with van der Waals surface area (Å²) in [5.41, 5.74) is 0.920. The number of aromatic nitrogens is 2. The van der Waals surface area contributed by atoms with Crippen LogP contribution < -0.4 is 10.9 Å². The summed E-state index contributed by atoms with van der Waals surface area (Å²) in [5, 5.41) is 5.60. The molecular formula is C21H24N4O4S3. The Kier molecular flexibility index (Phi) is 6.70. The first-order valence-corrected chi connectivity index (χ1v) is 13.6. The number of nitrogens with zero attached hydrogens (tertiary/aromatic N) is 3. The summed E-state index contributed by atoms with van der Waals surface area (Å²) < 4.78 is 29.1. The summed E-state index contributed by atoms with van der Waals surface area (Å²) in [6.07, 6.45) is 2.76. The lowest BCUT2D eigenvalue weighted by molar-refractivity contribution is -0.113. The van der Waals surface area contributed by atoms with Crippen LogP contribution in [0.15, 0.2) is 44.5 Å². The molecule has 0 saturated carbocycles. The van der Waals surface area contributed by atoms with Gasteiger partial charge in [0.05, 0.1) is 16.0 Å². The van der Waals surface area contributed by atoms with Gasteiger partial charge in [-0.25, -0.2) is 13.4 Å². The van der Waals surface area contributed by atoms with Crippen LogP contribution >= 0.6 is 23.1 Å². The minimum absolute atomic E-state index is 0.0409. The maximum Gasteiger partial charge on any atom is 0.262 e. The standard InChI is InChI=1S/C21H24N4O4S3/c1-14-6-7-15(12-17(14)32(28,29)25-9-4-3-5-10-25)22-18(26)13-31-21-23-19-16(8-11-30-19)20(27)24(21)2/h6-8,11-12H,3-5,9-10,13H2,1-2H3,(H,22,26). The minimum atomic E-state index is -3.60. The molecule has 1 saturated heterocycles. The Balaban J connectivity index is 1.48. The first-order valence-electron chi connectivity index (χ1n) is 10.2. The molecule has 1 aromatic carbocycles. The maximum absolute atomic E-state index is 13.1. The molecule has 0 spiro atoms. The molecule has 4 rings (SSSR count). The smallest absolute Gasteiger partial charge is 0.262 e. The second-order valence-corrected chi connectivity index (χ2v) is 11.4. The lowest BCUT2D eigenvalue weighted by atomic mass is 10.2. The number of amides is 1. The van der Waals surface area contributed by atoms with Gasteiger partial charge in [0.25, 0.3) is 5.56 Å². The van der Waals surface area contributed by atoms with Crippen LogP contribution in [-0.4, -0.2) is 47.0 Å². The van der Waals surface area contributed by atoms with Crippen LogP contribution in [0.1, 0.15) is 24.8 Å². The molecule has 1 aliphatic rings. The van der Waals surface area contributed by atoms with Gasteiger partial charge in [0.2, 0.25) is 15.9 Å². The largest absolute Gasteiger partial charge is 0.325 e. The zero-order chi connectivity index (χ0) is 22.9. The van der Waals surface area contributed by atoms with Crippen LogP contribution in [0, 0.1) is 6.92 Å². The zero-order valence-electron chi connectivity index (χ0n) is 17.8. The van der Waals surface area contributed by atoms with Gasteiger partial charge >= 0.3 is 0 Å². The zero-order valence-corrected chi connectivity index (χ0v) is 20.3. The molecule has 0 bridgehead atoms. The Morgan fingerprint density at radius 1 is 1.22 bits per heavy atom. The number of fused-ring (bicyclic) bond motifs is 1. The molecule has 3 aromatic rings. The highest BCUT2D eigenvalue weighted by Gasteiger charge is 2.27. The van der Waals surface area contributed by atoms with E-state index in [9.17, 15) is 18.0 Å². The van der Waals surface area contributed by atoms with Gasteiger partial charge in [0.1, 0.15) is 4.83 Å². The third kappa shape index (κ3) is 4.61. The van der Waals surface area contributed by atoms with E-state index in [0.717, 1.165) is 31.0 Å². The molecule has 8 nitrogen and oxygen atoms in total. The first kappa shape index (κ1) is 23.0. The molecule has 0 atom stereocenters. The van der Waals surface area contributed by atoms with Crippen molar-refractivity contribution in [3.8, 4) is 0 Å². The maximum atomic E-state index is 13.1. The number of aryl methyl sites for hydroxylation is 1. The van der Waals surface area contributed by atoms with Crippen molar-refractivity contribution < 1.29 is 13.2 Å². The third-order valence-electron chi connectivity index (χ3n) is 5.40. The summed E-state index contributed by atoms with van der Waals surface area (Å²) in [6.45, 7) is 2.80. The summed E-state index contributed by atoms with van der Waals surface area (Å²) >= 11 is 2.54. The van der Waals surface area contributed by atoms with E-state index in [1.807, 2.05) is 5.38 Å². The van der Waals surface area contributed by atoms with Gasteiger partial charge in [-0.2, -0.15) is 4.31 Å². The average molecular weight is 493 g/mol. The quantitative estimate of drug-likeness (QED) is 0.419. The van der Waals surface area contributed by atoms with E-state index in [1.54, 1.807) is 32.2 Å². The molecule has 32 heavy (non-hydrogen) atoms. The number of rotatable bonds is 6. The van der Waals surface area contributed by atoms with Gasteiger partial charge in [-0.15, -0.1) is 11.3 Å². The van der Waals surface area contributed by atoms with Crippen LogP contribution in [0.2, 0.25) is 0 Å². The fraction of sp³-hybridized carbons (Fsp3) is 0.381. The highest BCUT2D eigenvalue weighted by atomic mass is 32.2. The van der Waals surface area contributed by atoms with Crippen molar-refractivity contribution >= 4 is 54.9 Å². The molecule has 1 N–H and O–H groups in total. The van der Waals surface area contributed by atoms with Crippen LogP contribution in [0.5, 0.6) is 0 Å². The number of sulfonamides is 1. The highest BCUT2D eigenvalue weighted by molar-refractivity contribution is 7.99. The van der Waals surface area contributed by atoms with Crippen molar-refractivity contribution in [2.24, 2.45) is 7.05 Å². The van der Waals surface area contributed by atoms with Crippen molar-refractivity contribution in [3.05, 3.63) is 45.6 Å².